The molecular formula is C25H27FN2O4. The number of ether oxygens (including phenoxy) is 2. The van der Waals surface area contributed by atoms with Crippen molar-refractivity contribution in [3.05, 3.63) is 65.1 Å². The third-order valence-electron chi connectivity index (χ3n) is 6.20. The fraction of sp³-hybridized carbons (Fsp3) is 0.360. The van der Waals surface area contributed by atoms with Crippen LogP contribution in [0.3, 0.4) is 0 Å². The van der Waals surface area contributed by atoms with E-state index >= 15 is 0 Å². The van der Waals surface area contributed by atoms with E-state index < -0.39 is 17.6 Å². The van der Waals surface area contributed by atoms with Crippen LogP contribution in [0.1, 0.15) is 30.9 Å². The Hall–Kier alpha value is -3.35. The summed E-state index contributed by atoms with van der Waals surface area (Å²) in [6.07, 6.45) is 1.88. The fourth-order valence-corrected chi connectivity index (χ4v) is 4.28. The molecule has 168 valence electrons. The second-order valence-electron chi connectivity index (χ2n) is 8.25. The van der Waals surface area contributed by atoms with Crippen molar-refractivity contribution in [3.8, 4) is 11.5 Å². The van der Waals surface area contributed by atoms with Gasteiger partial charge in [-0.1, -0.05) is 31.2 Å². The maximum absolute atomic E-state index is 14.3. The highest BCUT2D eigenvalue weighted by Crippen LogP contribution is 2.38. The summed E-state index contributed by atoms with van der Waals surface area (Å²) in [7, 11) is 3.06. The van der Waals surface area contributed by atoms with Crippen LogP contribution in [0.2, 0.25) is 0 Å². The van der Waals surface area contributed by atoms with Crippen molar-refractivity contribution in [1.29, 1.82) is 0 Å². The number of carbonyl (C=O) groups excluding carboxylic acids is 2. The van der Waals surface area contributed by atoms with Crippen LogP contribution in [0.15, 0.2) is 48.2 Å². The van der Waals surface area contributed by atoms with Crippen LogP contribution in [0.4, 0.5) is 4.39 Å². The molecule has 0 atom stereocenters. The molecule has 0 saturated carbocycles. The second kappa shape index (κ2) is 9.02. The number of methoxy groups -OCH3 is 2. The smallest absolute Gasteiger partial charge is 0.278 e. The Labute approximate surface area is 187 Å². The predicted octanol–water partition coefficient (Wildman–Crippen LogP) is 3.85. The van der Waals surface area contributed by atoms with E-state index in [1.54, 1.807) is 36.4 Å². The lowest BCUT2D eigenvalue weighted by Gasteiger charge is -2.32. The zero-order valence-corrected chi connectivity index (χ0v) is 18.6. The Balaban J connectivity index is 1.77. The summed E-state index contributed by atoms with van der Waals surface area (Å²) in [5.41, 5.74) is 1.58. The minimum Gasteiger partial charge on any atom is -0.493 e. The molecule has 2 aromatic carbocycles. The third-order valence-corrected chi connectivity index (χ3v) is 6.20. The van der Waals surface area contributed by atoms with Gasteiger partial charge in [0.1, 0.15) is 11.5 Å². The lowest BCUT2D eigenvalue weighted by Crippen LogP contribution is -2.38. The quantitative estimate of drug-likeness (QED) is 0.641. The monoisotopic (exact) mass is 438 g/mol. The van der Waals surface area contributed by atoms with Crippen LogP contribution in [-0.4, -0.2) is 48.9 Å². The lowest BCUT2D eigenvalue weighted by atomic mass is 9.97. The first-order valence-electron chi connectivity index (χ1n) is 10.8. The van der Waals surface area contributed by atoms with Gasteiger partial charge in [0, 0.05) is 18.7 Å². The number of amides is 2. The summed E-state index contributed by atoms with van der Waals surface area (Å²) in [6.45, 7) is 3.46. The van der Waals surface area contributed by atoms with Crippen molar-refractivity contribution in [3.63, 3.8) is 0 Å². The SMILES string of the molecule is COc1ccc(C2=C(N3CCC(C)CC3)C(=O)N(Cc3ccccc3F)C2=O)cc1OC. The zero-order chi connectivity index (χ0) is 22.8. The van der Waals surface area contributed by atoms with Gasteiger partial charge in [-0.05, 0) is 42.5 Å². The Kier molecular flexibility index (Phi) is 6.17. The number of imide groups is 1. The molecule has 1 fully saturated rings. The largest absolute Gasteiger partial charge is 0.493 e. The Morgan fingerprint density at radius 3 is 2.31 bits per heavy atom. The van der Waals surface area contributed by atoms with Gasteiger partial charge in [-0.3, -0.25) is 14.5 Å². The molecule has 6 nitrogen and oxygen atoms in total. The average molecular weight is 438 g/mol. The molecule has 1 saturated heterocycles. The number of likely N-dealkylation sites (tertiary alicyclic amines) is 1. The molecule has 7 heteroatoms. The summed E-state index contributed by atoms with van der Waals surface area (Å²) < 4.78 is 25.0. The highest BCUT2D eigenvalue weighted by atomic mass is 19.1. The van der Waals surface area contributed by atoms with Crippen molar-refractivity contribution >= 4 is 17.4 Å². The summed E-state index contributed by atoms with van der Waals surface area (Å²) >= 11 is 0. The first-order valence-corrected chi connectivity index (χ1v) is 10.8. The Bertz CT molecular complexity index is 1070. The number of carbonyl (C=O) groups is 2. The number of benzene rings is 2. The van der Waals surface area contributed by atoms with Crippen molar-refractivity contribution in [2.75, 3.05) is 27.3 Å². The van der Waals surface area contributed by atoms with E-state index in [-0.39, 0.29) is 6.54 Å². The molecule has 2 aliphatic heterocycles. The van der Waals surface area contributed by atoms with Crippen LogP contribution in [0, 0.1) is 11.7 Å². The van der Waals surface area contributed by atoms with E-state index in [1.807, 2.05) is 4.90 Å². The van der Waals surface area contributed by atoms with Gasteiger partial charge in [0.25, 0.3) is 11.8 Å². The molecule has 0 spiro atoms. The van der Waals surface area contributed by atoms with Crippen LogP contribution in [0.5, 0.6) is 11.5 Å². The minimum atomic E-state index is -0.444. The van der Waals surface area contributed by atoms with Crippen LogP contribution >= 0.6 is 0 Å². The predicted molar refractivity (Wildman–Crippen MR) is 118 cm³/mol. The van der Waals surface area contributed by atoms with E-state index in [2.05, 4.69) is 6.92 Å². The average Bonchev–Trinajstić information content (AvgIpc) is 3.05. The number of halogens is 1. The van der Waals surface area contributed by atoms with E-state index in [0.717, 1.165) is 17.7 Å². The normalized spacial score (nSPS) is 17.4. The number of rotatable bonds is 6. The second-order valence-corrected chi connectivity index (χ2v) is 8.25. The molecule has 2 aliphatic rings. The lowest BCUT2D eigenvalue weighted by molar-refractivity contribution is -0.138. The molecule has 32 heavy (non-hydrogen) atoms. The van der Waals surface area contributed by atoms with Gasteiger partial charge < -0.3 is 14.4 Å². The summed E-state index contributed by atoms with van der Waals surface area (Å²) in [5, 5.41) is 0. The topological polar surface area (TPSA) is 59.1 Å². The zero-order valence-electron chi connectivity index (χ0n) is 18.6. The number of hydrogen-bond acceptors (Lipinski definition) is 5. The first-order chi connectivity index (χ1) is 15.4. The van der Waals surface area contributed by atoms with Crippen molar-refractivity contribution in [1.82, 2.24) is 9.80 Å². The Morgan fingerprint density at radius 1 is 0.969 bits per heavy atom. The molecule has 0 bridgehead atoms. The van der Waals surface area contributed by atoms with Gasteiger partial charge in [-0.2, -0.15) is 0 Å². The van der Waals surface area contributed by atoms with Gasteiger partial charge in [-0.25, -0.2) is 4.39 Å². The standard InChI is InChI=1S/C25H27FN2O4/c1-16-10-12-27(13-11-16)23-22(17-8-9-20(31-2)21(14-17)32-3)24(29)28(25(23)30)15-18-6-4-5-7-19(18)26/h4-9,14,16H,10-13,15H2,1-3H3. The van der Waals surface area contributed by atoms with Gasteiger partial charge in [-0.15, -0.1) is 0 Å². The molecule has 0 N–H and O–H groups in total. The number of piperidine rings is 1. The molecule has 2 heterocycles. The maximum Gasteiger partial charge on any atom is 0.278 e. The molecule has 0 aliphatic carbocycles. The molecule has 0 unspecified atom stereocenters. The summed E-state index contributed by atoms with van der Waals surface area (Å²) in [5.74, 6) is 0.304. The highest BCUT2D eigenvalue weighted by molar-refractivity contribution is 6.35. The number of hydrogen-bond donors (Lipinski definition) is 0. The fourth-order valence-electron chi connectivity index (χ4n) is 4.28. The summed E-state index contributed by atoms with van der Waals surface area (Å²) in [6, 6.07) is 11.4. The molecule has 2 aromatic rings. The number of nitrogens with zero attached hydrogens (tertiary/aromatic N) is 2. The van der Waals surface area contributed by atoms with Gasteiger partial charge in [0.05, 0.1) is 26.3 Å². The van der Waals surface area contributed by atoms with Crippen LogP contribution in [0.25, 0.3) is 5.57 Å². The van der Waals surface area contributed by atoms with Gasteiger partial charge in [0.15, 0.2) is 11.5 Å². The third kappa shape index (κ3) is 3.95. The van der Waals surface area contributed by atoms with Crippen LogP contribution in [-0.2, 0) is 16.1 Å². The van der Waals surface area contributed by atoms with E-state index in [9.17, 15) is 14.0 Å². The first kappa shape index (κ1) is 21.9. The molecule has 0 radical (unpaired) electrons. The van der Waals surface area contributed by atoms with Crippen molar-refractivity contribution < 1.29 is 23.5 Å². The molecular weight excluding hydrogens is 411 g/mol. The van der Waals surface area contributed by atoms with Crippen molar-refractivity contribution in [2.24, 2.45) is 5.92 Å². The van der Waals surface area contributed by atoms with Gasteiger partial charge >= 0.3 is 0 Å². The van der Waals surface area contributed by atoms with Crippen LogP contribution < -0.4 is 9.47 Å². The maximum atomic E-state index is 14.3. The highest BCUT2D eigenvalue weighted by Gasteiger charge is 2.42. The molecule has 2 amide bonds. The summed E-state index contributed by atoms with van der Waals surface area (Å²) in [4.78, 5) is 30.2. The van der Waals surface area contributed by atoms with Crippen molar-refractivity contribution in [2.45, 2.75) is 26.3 Å². The van der Waals surface area contributed by atoms with Gasteiger partial charge in [0.2, 0.25) is 0 Å². The Morgan fingerprint density at radius 2 is 1.66 bits per heavy atom. The molecule has 0 aromatic heterocycles. The van der Waals surface area contributed by atoms with E-state index in [0.29, 0.717) is 52.9 Å². The molecule has 4 rings (SSSR count). The van der Waals surface area contributed by atoms with E-state index in [1.165, 1.54) is 20.3 Å². The van der Waals surface area contributed by atoms with E-state index in [4.69, 9.17) is 9.47 Å². The minimum absolute atomic E-state index is 0.116.